The minimum absolute atomic E-state index is 0.397. The highest BCUT2D eigenvalue weighted by atomic mass is 16.5. The molecule has 98 valence electrons. The molecule has 0 spiro atoms. The summed E-state index contributed by atoms with van der Waals surface area (Å²) >= 11 is 0. The molecule has 0 bridgehead atoms. The number of hydrogen-bond acceptors (Lipinski definition) is 2. The van der Waals surface area contributed by atoms with E-state index < -0.39 is 0 Å². The van der Waals surface area contributed by atoms with Gasteiger partial charge >= 0.3 is 0 Å². The number of rotatable bonds is 11. The van der Waals surface area contributed by atoms with Crippen molar-refractivity contribution >= 4 is 0 Å². The quantitative estimate of drug-likeness (QED) is 0.545. The molecule has 0 saturated heterocycles. The average molecular weight is 229 g/mol. The predicted molar refractivity (Wildman–Crippen MR) is 71.9 cm³/mol. The molecule has 0 rings (SSSR count). The molecule has 0 aliphatic heterocycles. The van der Waals surface area contributed by atoms with Crippen molar-refractivity contribution in [2.75, 3.05) is 13.2 Å². The third kappa shape index (κ3) is 10.4. The van der Waals surface area contributed by atoms with Crippen LogP contribution in [0.1, 0.15) is 66.2 Å². The largest absolute Gasteiger partial charge is 0.377 e. The Labute approximate surface area is 102 Å². The van der Waals surface area contributed by atoms with E-state index in [1.807, 2.05) is 0 Å². The van der Waals surface area contributed by atoms with Gasteiger partial charge in [-0.05, 0) is 12.8 Å². The fourth-order valence-electron chi connectivity index (χ4n) is 1.64. The summed E-state index contributed by atoms with van der Waals surface area (Å²) < 4.78 is 5.86. The van der Waals surface area contributed by atoms with Gasteiger partial charge in [0.1, 0.15) is 0 Å². The minimum Gasteiger partial charge on any atom is -0.377 e. The standard InChI is InChI=1S/C14H31NO/c1-5-7-8-9-10-11-16-14(6-2)12-15-13(3)4/h13-15H,5-12H2,1-4H3. The molecule has 1 N–H and O–H groups in total. The lowest BCUT2D eigenvalue weighted by Gasteiger charge is -2.18. The van der Waals surface area contributed by atoms with Gasteiger partial charge in [-0.25, -0.2) is 0 Å². The SMILES string of the molecule is CCCCCCCOC(CC)CNC(C)C. The van der Waals surface area contributed by atoms with E-state index in [4.69, 9.17) is 4.74 Å². The van der Waals surface area contributed by atoms with Gasteiger partial charge in [0.15, 0.2) is 0 Å². The first-order valence-corrected chi connectivity index (χ1v) is 7.05. The molecule has 0 saturated carbocycles. The topological polar surface area (TPSA) is 21.3 Å². The van der Waals surface area contributed by atoms with Crippen LogP contribution >= 0.6 is 0 Å². The third-order valence-corrected chi connectivity index (χ3v) is 2.81. The molecule has 0 aliphatic carbocycles. The number of hydrogen-bond donors (Lipinski definition) is 1. The van der Waals surface area contributed by atoms with Crippen LogP contribution in [0.3, 0.4) is 0 Å². The summed E-state index contributed by atoms with van der Waals surface area (Å²) in [5.74, 6) is 0. The average Bonchev–Trinajstić information content (AvgIpc) is 2.27. The first kappa shape index (κ1) is 15.9. The third-order valence-electron chi connectivity index (χ3n) is 2.81. The van der Waals surface area contributed by atoms with E-state index in [0.717, 1.165) is 19.6 Å². The highest BCUT2D eigenvalue weighted by Crippen LogP contribution is 2.04. The van der Waals surface area contributed by atoms with Crippen molar-refractivity contribution in [2.45, 2.75) is 78.4 Å². The second-order valence-electron chi connectivity index (χ2n) is 4.88. The molecule has 0 aromatic carbocycles. The second kappa shape index (κ2) is 11.4. The molecule has 2 nitrogen and oxygen atoms in total. The van der Waals surface area contributed by atoms with Gasteiger partial charge in [-0.15, -0.1) is 0 Å². The van der Waals surface area contributed by atoms with Crippen LogP contribution in [0.5, 0.6) is 0 Å². The fraction of sp³-hybridized carbons (Fsp3) is 1.00. The van der Waals surface area contributed by atoms with Crippen LogP contribution in [0.25, 0.3) is 0 Å². The van der Waals surface area contributed by atoms with Crippen LogP contribution in [0.4, 0.5) is 0 Å². The van der Waals surface area contributed by atoms with E-state index in [0.29, 0.717) is 12.1 Å². The highest BCUT2D eigenvalue weighted by Gasteiger charge is 2.06. The van der Waals surface area contributed by atoms with Crippen molar-refractivity contribution in [3.05, 3.63) is 0 Å². The Kier molecular flexibility index (Phi) is 11.3. The van der Waals surface area contributed by atoms with Gasteiger partial charge in [0.25, 0.3) is 0 Å². The van der Waals surface area contributed by atoms with E-state index in [-0.39, 0.29) is 0 Å². The van der Waals surface area contributed by atoms with Crippen molar-refractivity contribution in [1.29, 1.82) is 0 Å². The first-order chi connectivity index (χ1) is 7.70. The van der Waals surface area contributed by atoms with Gasteiger partial charge in [-0.1, -0.05) is 53.4 Å². The lowest BCUT2D eigenvalue weighted by molar-refractivity contribution is 0.0469. The summed E-state index contributed by atoms with van der Waals surface area (Å²) in [7, 11) is 0. The van der Waals surface area contributed by atoms with Gasteiger partial charge in [-0.3, -0.25) is 0 Å². The van der Waals surface area contributed by atoms with E-state index in [1.54, 1.807) is 0 Å². The van der Waals surface area contributed by atoms with Crippen LogP contribution in [0.15, 0.2) is 0 Å². The Balaban J connectivity index is 3.33. The molecule has 2 heteroatoms. The normalized spacial score (nSPS) is 13.3. The summed E-state index contributed by atoms with van der Waals surface area (Å²) in [6, 6.07) is 0.558. The summed E-state index contributed by atoms with van der Waals surface area (Å²) in [5, 5.41) is 3.43. The smallest absolute Gasteiger partial charge is 0.0696 e. The van der Waals surface area contributed by atoms with E-state index in [2.05, 4.69) is 33.0 Å². The molecule has 1 unspecified atom stereocenters. The molecule has 0 aromatic rings. The Hall–Kier alpha value is -0.0800. The summed E-state index contributed by atoms with van der Waals surface area (Å²) in [6.45, 7) is 10.7. The molecule has 0 aliphatic rings. The molecule has 0 heterocycles. The van der Waals surface area contributed by atoms with Crippen molar-refractivity contribution in [2.24, 2.45) is 0 Å². The molecule has 0 amide bonds. The fourth-order valence-corrected chi connectivity index (χ4v) is 1.64. The molecule has 16 heavy (non-hydrogen) atoms. The Bertz CT molecular complexity index is 137. The maximum absolute atomic E-state index is 5.86. The van der Waals surface area contributed by atoms with Crippen LogP contribution < -0.4 is 5.32 Å². The number of nitrogens with one attached hydrogen (secondary N) is 1. The van der Waals surface area contributed by atoms with Gasteiger partial charge < -0.3 is 10.1 Å². The summed E-state index contributed by atoms with van der Waals surface area (Å²) in [4.78, 5) is 0. The van der Waals surface area contributed by atoms with Gasteiger partial charge in [-0.2, -0.15) is 0 Å². The maximum Gasteiger partial charge on any atom is 0.0696 e. The zero-order valence-electron chi connectivity index (χ0n) is 11.7. The predicted octanol–water partition coefficient (Wildman–Crippen LogP) is 3.75. The molecule has 0 radical (unpaired) electrons. The monoisotopic (exact) mass is 229 g/mol. The van der Waals surface area contributed by atoms with Crippen LogP contribution in [0.2, 0.25) is 0 Å². The highest BCUT2D eigenvalue weighted by molar-refractivity contribution is 4.62. The number of unbranched alkanes of at least 4 members (excludes halogenated alkanes) is 4. The Morgan fingerprint density at radius 3 is 2.25 bits per heavy atom. The minimum atomic E-state index is 0.397. The molecule has 0 fully saturated rings. The van der Waals surface area contributed by atoms with Crippen molar-refractivity contribution in [1.82, 2.24) is 5.32 Å². The van der Waals surface area contributed by atoms with Gasteiger partial charge in [0.05, 0.1) is 6.10 Å². The summed E-state index contributed by atoms with van der Waals surface area (Å²) in [6.07, 6.45) is 8.09. The molecule has 1 atom stereocenters. The van der Waals surface area contributed by atoms with E-state index in [1.165, 1.54) is 32.1 Å². The van der Waals surface area contributed by atoms with E-state index >= 15 is 0 Å². The molecule has 0 aromatic heterocycles. The molecular weight excluding hydrogens is 198 g/mol. The van der Waals surface area contributed by atoms with E-state index in [9.17, 15) is 0 Å². The zero-order chi connectivity index (χ0) is 12.2. The maximum atomic E-state index is 5.86. The Morgan fingerprint density at radius 2 is 1.69 bits per heavy atom. The van der Waals surface area contributed by atoms with Gasteiger partial charge in [0, 0.05) is 19.2 Å². The lowest BCUT2D eigenvalue weighted by atomic mass is 10.2. The van der Waals surface area contributed by atoms with Gasteiger partial charge in [0.2, 0.25) is 0 Å². The number of ether oxygens (including phenoxy) is 1. The van der Waals surface area contributed by atoms with Crippen molar-refractivity contribution in [3.8, 4) is 0 Å². The summed E-state index contributed by atoms with van der Waals surface area (Å²) in [5.41, 5.74) is 0. The van der Waals surface area contributed by atoms with Crippen LogP contribution in [-0.4, -0.2) is 25.3 Å². The second-order valence-corrected chi connectivity index (χ2v) is 4.88. The van der Waals surface area contributed by atoms with Crippen LogP contribution in [0, 0.1) is 0 Å². The zero-order valence-corrected chi connectivity index (χ0v) is 11.7. The van der Waals surface area contributed by atoms with Crippen molar-refractivity contribution in [3.63, 3.8) is 0 Å². The van der Waals surface area contributed by atoms with Crippen molar-refractivity contribution < 1.29 is 4.74 Å². The Morgan fingerprint density at radius 1 is 1.00 bits per heavy atom. The first-order valence-electron chi connectivity index (χ1n) is 7.05. The van der Waals surface area contributed by atoms with Crippen LogP contribution in [-0.2, 0) is 4.74 Å². The lowest BCUT2D eigenvalue weighted by Crippen LogP contribution is -2.33. The molecular formula is C14H31NO.